The van der Waals surface area contributed by atoms with Gasteiger partial charge in [-0.05, 0) is 41.8 Å². The number of methoxy groups -OCH3 is 1. The van der Waals surface area contributed by atoms with Crippen LogP contribution in [0.2, 0.25) is 0 Å². The van der Waals surface area contributed by atoms with Gasteiger partial charge in [0.25, 0.3) is 5.91 Å². The maximum absolute atomic E-state index is 12.8. The van der Waals surface area contributed by atoms with Crippen LogP contribution >= 0.6 is 0 Å². The zero-order valence-corrected chi connectivity index (χ0v) is 15.6. The predicted molar refractivity (Wildman–Crippen MR) is 103 cm³/mol. The van der Waals surface area contributed by atoms with Crippen molar-refractivity contribution in [3.05, 3.63) is 54.1 Å². The van der Waals surface area contributed by atoms with Crippen LogP contribution < -0.4 is 10.1 Å². The molecule has 28 heavy (non-hydrogen) atoms. The molecule has 1 N–H and O–H groups in total. The number of rotatable bonds is 4. The molecule has 0 aliphatic carbocycles. The number of nitrogens with zero attached hydrogens (tertiary/aromatic N) is 2. The minimum absolute atomic E-state index is 0.0367. The van der Waals surface area contributed by atoms with E-state index in [9.17, 15) is 14.4 Å². The van der Waals surface area contributed by atoms with Crippen LogP contribution in [-0.2, 0) is 4.79 Å². The Morgan fingerprint density at radius 3 is 2.57 bits per heavy atom. The van der Waals surface area contributed by atoms with E-state index < -0.39 is 0 Å². The molecule has 0 spiro atoms. The summed E-state index contributed by atoms with van der Waals surface area (Å²) in [5, 5.41) is 2.53. The number of amides is 4. The van der Waals surface area contributed by atoms with E-state index in [0.29, 0.717) is 25.1 Å². The highest BCUT2D eigenvalue weighted by atomic mass is 16.5. The second-order valence-corrected chi connectivity index (χ2v) is 6.93. The summed E-state index contributed by atoms with van der Waals surface area (Å²) < 4.78 is 5.26. The lowest BCUT2D eigenvalue weighted by molar-refractivity contribution is -0.126. The first-order valence-electron chi connectivity index (χ1n) is 9.20. The van der Waals surface area contributed by atoms with E-state index in [1.54, 1.807) is 24.1 Å². The van der Waals surface area contributed by atoms with Crippen LogP contribution in [0, 0.1) is 0 Å². The van der Waals surface area contributed by atoms with Gasteiger partial charge < -0.3 is 15.0 Å². The van der Waals surface area contributed by atoms with Crippen LogP contribution in [0.5, 0.6) is 5.75 Å². The lowest BCUT2D eigenvalue weighted by atomic mass is 10.0. The monoisotopic (exact) mass is 379 g/mol. The molecule has 7 heteroatoms. The fraction of sp³-hybridized carbons (Fsp3) is 0.286. The normalized spacial score (nSPS) is 19.1. The molecule has 2 heterocycles. The molecule has 1 atom stereocenters. The van der Waals surface area contributed by atoms with Crippen molar-refractivity contribution in [3.63, 3.8) is 0 Å². The molecule has 2 aromatic rings. The number of carbonyl (C=O) groups excluding carboxylic acids is 3. The van der Waals surface area contributed by atoms with Crippen LogP contribution in [0.3, 0.4) is 0 Å². The lowest BCUT2D eigenvalue weighted by Crippen LogP contribution is -2.42. The molecule has 2 fully saturated rings. The SMILES string of the molecule is COc1cccc(-c2ccc(C(=O)N3CC[C@H](N4C(=O)CNC4=O)C3)cc2)c1. The molecule has 2 aliphatic heterocycles. The van der Waals surface area contributed by atoms with Crippen LogP contribution in [-0.4, -0.2) is 60.4 Å². The van der Waals surface area contributed by atoms with Crippen LogP contribution in [0.25, 0.3) is 11.1 Å². The van der Waals surface area contributed by atoms with Gasteiger partial charge in [0.15, 0.2) is 0 Å². The molecule has 7 nitrogen and oxygen atoms in total. The summed E-state index contributed by atoms with van der Waals surface area (Å²) in [5.41, 5.74) is 2.59. The fourth-order valence-corrected chi connectivity index (χ4v) is 3.73. The fourth-order valence-electron chi connectivity index (χ4n) is 3.73. The van der Waals surface area contributed by atoms with Crippen molar-refractivity contribution in [3.8, 4) is 16.9 Å². The molecular weight excluding hydrogens is 358 g/mol. The minimum Gasteiger partial charge on any atom is -0.497 e. The first kappa shape index (κ1) is 18.0. The number of ether oxygens (including phenoxy) is 1. The third-order valence-corrected chi connectivity index (χ3v) is 5.23. The Labute approximate surface area is 162 Å². The van der Waals surface area contributed by atoms with E-state index >= 15 is 0 Å². The lowest BCUT2D eigenvalue weighted by Gasteiger charge is -2.21. The standard InChI is InChI=1S/C21H21N3O4/c1-28-18-4-2-3-16(11-18)14-5-7-15(8-6-14)20(26)23-10-9-17(13-23)24-19(25)12-22-21(24)27/h2-8,11,17H,9-10,12-13H2,1H3,(H,22,27)/t17-/m0/s1. The van der Waals surface area contributed by atoms with Gasteiger partial charge in [0.2, 0.25) is 5.91 Å². The summed E-state index contributed by atoms with van der Waals surface area (Å²) in [7, 11) is 1.63. The van der Waals surface area contributed by atoms with E-state index in [-0.39, 0.29) is 30.4 Å². The van der Waals surface area contributed by atoms with Gasteiger partial charge in [0, 0.05) is 18.7 Å². The maximum atomic E-state index is 12.8. The second-order valence-electron chi connectivity index (χ2n) is 6.93. The number of likely N-dealkylation sites (tertiary alicyclic amines) is 1. The summed E-state index contributed by atoms with van der Waals surface area (Å²) in [5.74, 6) is 0.458. The first-order chi connectivity index (χ1) is 13.6. The summed E-state index contributed by atoms with van der Waals surface area (Å²) in [4.78, 5) is 39.5. The zero-order valence-electron chi connectivity index (χ0n) is 15.6. The van der Waals surface area contributed by atoms with Gasteiger partial charge in [-0.25, -0.2) is 4.79 Å². The molecular formula is C21H21N3O4. The summed E-state index contributed by atoms with van der Waals surface area (Å²) in [6.45, 7) is 0.933. The number of carbonyl (C=O) groups is 3. The van der Waals surface area contributed by atoms with E-state index in [1.165, 1.54) is 4.90 Å². The molecule has 0 bridgehead atoms. The average Bonchev–Trinajstić information content (AvgIpc) is 3.34. The Morgan fingerprint density at radius 1 is 1.11 bits per heavy atom. The Kier molecular flexibility index (Phi) is 4.73. The Balaban J connectivity index is 1.45. The third kappa shape index (κ3) is 3.31. The summed E-state index contributed by atoms with van der Waals surface area (Å²) >= 11 is 0. The smallest absolute Gasteiger partial charge is 0.324 e. The highest BCUT2D eigenvalue weighted by Gasteiger charge is 2.39. The zero-order chi connectivity index (χ0) is 19.7. The van der Waals surface area contributed by atoms with Crippen molar-refractivity contribution < 1.29 is 19.1 Å². The van der Waals surface area contributed by atoms with Gasteiger partial charge in [-0.15, -0.1) is 0 Å². The van der Waals surface area contributed by atoms with E-state index in [2.05, 4.69) is 5.32 Å². The van der Waals surface area contributed by atoms with E-state index in [0.717, 1.165) is 16.9 Å². The van der Waals surface area contributed by atoms with Crippen molar-refractivity contribution in [2.75, 3.05) is 26.7 Å². The van der Waals surface area contributed by atoms with Crippen LogP contribution in [0.15, 0.2) is 48.5 Å². The summed E-state index contributed by atoms with van der Waals surface area (Å²) in [6.07, 6.45) is 0.604. The largest absolute Gasteiger partial charge is 0.497 e. The molecule has 2 saturated heterocycles. The molecule has 4 amide bonds. The van der Waals surface area contributed by atoms with Gasteiger partial charge in [-0.1, -0.05) is 24.3 Å². The minimum atomic E-state index is -0.369. The molecule has 2 aromatic carbocycles. The van der Waals surface area contributed by atoms with Gasteiger partial charge >= 0.3 is 6.03 Å². The van der Waals surface area contributed by atoms with Crippen molar-refractivity contribution in [1.82, 2.24) is 15.1 Å². The molecule has 2 aliphatic rings. The number of hydrogen-bond donors (Lipinski definition) is 1. The number of imide groups is 1. The molecule has 0 aromatic heterocycles. The van der Waals surface area contributed by atoms with Crippen LogP contribution in [0.4, 0.5) is 4.79 Å². The molecule has 0 radical (unpaired) electrons. The number of nitrogens with one attached hydrogen (secondary N) is 1. The van der Waals surface area contributed by atoms with Gasteiger partial charge in [0.1, 0.15) is 5.75 Å². The molecule has 144 valence electrons. The first-order valence-corrected chi connectivity index (χ1v) is 9.20. The Hall–Kier alpha value is -3.35. The van der Waals surface area contributed by atoms with Gasteiger partial charge in [-0.3, -0.25) is 14.5 Å². The Morgan fingerprint density at radius 2 is 1.89 bits per heavy atom. The van der Waals surface area contributed by atoms with Gasteiger partial charge in [0.05, 0.1) is 19.7 Å². The van der Waals surface area contributed by atoms with Crippen LogP contribution in [0.1, 0.15) is 16.8 Å². The average molecular weight is 379 g/mol. The van der Waals surface area contributed by atoms with Crippen molar-refractivity contribution in [1.29, 1.82) is 0 Å². The topological polar surface area (TPSA) is 79.0 Å². The molecule has 0 unspecified atom stereocenters. The third-order valence-electron chi connectivity index (χ3n) is 5.23. The summed E-state index contributed by atoms with van der Waals surface area (Å²) in [6, 6.07) is 14.5. The van der Waals surface area contributed by atoms with E-state index in [4.69, 9.17) is 4.74 Å². The van der Waals surface area contributed by atoms with E-state index in [1.807, 2.05) is 36.4 Å². The number of urea groups is 1. The number of benzene rings is 2. The quantitative estimate of drug-likeness (QED) is 0.826. The van der Waals surface area contributed by atoms with Crippen molar-refractivity contribution in [2.24, 2.45) is 0 Å². The number of hydrogen-bond acceptors (Lipinski definition) is 4. The van der Waals surface area contributed by atoms with Gasteiger partial charge in [-0.2, -0.15) is 0 Å². The highest BCUT2D eigenvalue weighted by Crippen LogP contribution is 2.25. The van der Waals surface area contributed by atoms with Crippen molar-refractivity contribution >= 4 is 17.8 Å². The predicted octanol–water partition coefficient (Wildman–Crippen LogP) is 2.13. The molecule has 0 saturated carbocycles. The second kappa shape index (κ2) is 7.34. The highest BCUT2D eigenvalue weighted by molar-refractivity contribution is 6.02. The Bertz CT molecular complexity index is 910. The molecule has 4 rings (SSSR count). The maximum Gasteiger partial charge on any atom is 0.324 e. The van der Waals surface area contributed by atoms with Crippen molar-refractivity contribution in [2.45, 2.75) is 12.5 Å².